The number of carbonyl (C=O) groups excluding carboxylic acids is 1. The van der Waals surface area contributed by atoms with E-state index >= 15 is 0 Å². The van der Waals surface area contributed by atoms with Crippen LogP contribution in [0.15, 0.2) is 36.7 Å². The van der Waals surface area contributed by atoms with E-state index < -0.39 is 0 Å². The number of carbonyl (C=O) groups is 1. The molecule has 0 bridgehead atoms. The van der Waals surface area contributed by atoms with Crippen molar-refractivity contribution in [2.24, 2.45) is 0 Å². The van der Waals surface area contributed by atoms with Gasteiger partial charge in [0.2, 0.25) is 0 Å². The first-order chi connectivity index (χ1) is 10.7. The van der Waals surface area contributed by atoms with Crippen LogP contribution in [0.1, 0.15) is 34.5 Å². The molecule has 2 aromatic rings. The number of hydrogen-bond acceptors (Lipinski definition) is 4. The Labute approximate surface area is 130 Å². The fourth-order valence-corrected chi connectivity index (χ4v) is 2.62. The van der Waals surface area contributed by atoms with E-state index in [1.54, 1.807) is 12.4 Å². The van der Waals surface area contributed by atoms with Gasteiger partial charge in [-0.2, -0.15) is 0 Å². The fraction of sp³-hybridized carbons (Fsp3) is 0.353. The van der Waals surface area contributed by atoms with Gasteiger partial charge in [-0.1, -0.05) is 24.3 Å². The SMILES string of the molecule is Cc1ccccc1CNC(=O)c1cnc(N2CCCC2)cn1. The lowest BCUT2D eigenvalue weighted by atomic mass is 10.1. The molecule has 3 rings (SSSR count). The van der Waals surface area contributed by atoms with Crippen molar-refractivity contribution in [3.05, 3.63) is 53.5 Å². The Kier molecular flexibility index (Phi) is 4.32. The Morgan fingerprint density at radius 2 is 1.95 bits per heavy atom. The minimum absolute atomic E-state index is 0.191. The molecule has 1 aromatic heterocycles. The molecular weight excluding hydrogens is 276 g/mol. The number of rotatable bonds is 4. The highest BCUT2D eigenvalue weighted by molar-refractivity contribution is 5.92. The summed E-state index contributed by atoms with van der Waals surface area (Å²) in [5.74, 6) is 0.664. The predicted molar refractivity (Wildman–Crippen MR) is 85.8 cm³/mol. The molecule has 1 N–H and O–H groups in total. The molecule has 0 unspecified atom stereocenters. The summed E-state index contributed by atoms with van der Waals surface area (Å²) in [6.45, 7) is 4.58. The van der Waals surface area contributed by atoms with Gasteiger partial charge in [0, 0.05) is 19.6 Å². The Bertz CT molecular complexity index is 648. The highest BCUT2D eigenvalue weighted by Crippen LogP contribution is 2.16. The number of nitrogens with zero attached hydrogens (tertiary/aromatic N) is 3. The van der Waals surface area contributed by atoms with E-state index in [0.717, 1.165) is 24.5 Å². The molecular formula is C17H20N4O. The molecule has 1 aliphatic heterocycles. The van der Waals surface area contributed by atoms with Gasteiger partial charge in [-0.05, 0) is 30.9 Å². The predicted octanol–water partition coefficient (Wildman–Crippen LogP) is 2.32. The van der Waals surface area contributed by atoms with Gasteiger partial charge in [-0.25, -0.2) is 9.97 Å². The fourth-order valence-electron chi connectivity index (χ4n) is 2.62. The van der Waals surface area contributed by atoms with E-state index in [2.05, 4.69) is 20.2 Å². The van der Waals surface area contributed by atoms with Crippen molar-refractivity contribution in [3.63, 3.8) is 0 Å². The molecule has 0 spiro atoms. The van der Waals surface area contributed by atoms with Crippen LogP contribution in [0.3, 0.4) is 0 Å². The van der Waals surface area contributed by atoms with Crippen molar-refractivity contribution in [2.45, 2.75) is 26.3 Å². The maximum atomic E-state index is 12.1. The van der Waals surface area contributed by atoms with Crippen LogP contribution in [0.25, 0.3) is 0 Å². The monoisotopic (exact) mass is 296 g/mol. The largest absolute Gasteiger partial charge is 0.355 e. The maximum absolute atomic E-state index is 12.1. The number of aromatic nitrogens is 2. The number of nitrogens with one attached hydrogen (secondary N) is 1. The molecule has 1 aliphatic rings. The van der Waals surface area contributed by atoms with Crippen LogP contribution in [-0.2, 0) is 6.54 Å². The van der Waals surface area contributed by atoms with Gasteiger partial charge in [-0.3, -0.25) is 4.79 Å². The summed E-state index contributed by atoms with van der Waals surface area (Å²) in [6.07, 6.45) is 5.63. The smallest absolute Gasteiger partial charge is 0.271 e. The Balaban J connectivity index is 1.61. The zero-order valence-electron chi connectivity index (χ0n) is 12.7. The molecule has 1 aromatic carbocycles. The third kappa shape index (κ3) is 3.24. The highest BCUT2D eigenvalue weighted by Gasteiger charge is 2.15. The summed E-state index contributed by atoms with van der Waals surface area (Å²) < 4.78 is 0. The minimum Gasteiger partial charge on any atom is -0.355 e. The normalized spacial score (nSPS) is 14.1. The van der Waals surface area contributed by atoms with Crippen LogP contribution in [0.2, 0.25) is 0 Å². The second-order valence-electron chi connectivity index (χ2n) is 5.56. The van der Waals surface area contributed by atoms with E-state index in [1.807, 2.05) is 31.2 Å². The summed E-state index contributed by atoms with van der Waals surface area (Å²) in [5, 5.41) is 2.89. The van der Waals surface area contributed by atoms with Gasteiger partial charge in [-0.15, -0.1) is 0 Å². The molecule has 5 heteroatoms. The van der Waals surface area contributed by atoms with Gasteiger partial charge in [0.25, 0.3) is 5.91 Å². The summed E-state index contributed by atoms with van der Waals surface area (Å²) in [6, 6.07) is 8.01. The van der Waals surface area contributed by atoms with Gasteiger partial charge >= 0.3 is 0 Å². The molecule has 1 saturated heterocycles. The minimum atomic E-state index is -0.191. The second kappa shape index (κ2) is 6.56. The molecule has 1 amide bonds. The van der Waals surface area contributed by atoms with E-state index in [4.69, 9.17) is 0 Å². The molecule has 5 nitrogen and oxygen atoms in total. The van der Waals surface area contributed by atoms with Gasteiger partial charge in [0.05, 0.1) is 12.4 Å². The van der Waals surface area contributed by atoms with Gasteiger partial charge in [0.1, 0.15) is 11.5 Å². The molecule has 0 radical (unpaired) electrons. The lowest BCUT2D eigenvalue weighted by Gasteiger charge is -2.15. The zero-order chi connectivity index (χ0) is 15.4. The number of anilines is 1. The summed E-state index contributed by atoms with van der Waals surface area (Å²) in [7, 11) is 0. The summed E-state index contributed by atoms with van der Waals surface area (Å²) in [5.41, 5.74) is 2.63. The second-order valence-corrected chi connectivity index (χ2v) is 5.56. The first kappa shape index (κ1) is 14.5. The number of amides is 1. The van der Waals surface area contributed by atoms with Crippen LogP contribution in [0.5, 0.6) is 0 Å². The number of aryl methyl sites for hydroxylation is 1. The first-order valence-corrected chi connectivity index (χ1v) is 7.64. The number of benzene rings is 1. The van der Waals surface area contributed by atoms with Gasteiger partial charge in [0.15, 0.2) is 0 Å². The van der Waals surface area contributed by atoms with Crippen molar-refractivity contribution in [1.29, 1.82) is 0 Å². The molecule has 114 valence electrons. The lowest BCUT2D eigenvalue weighted by molar-refractivity contribution is 0.0945. The van der Waals surface area contributed by atoms with Crippen LogP contribution in [-0.4, -0.2) is 29.0 Å². The lowest BCUT2D eigenvalue weighted by Crippen LogP contribution is -2.25. The van der Waals surface area contributed by atoms with Gasteiger partial charge < -0.3 is 10.2 Å². The molecule has 0 aliphatic carbocycles. The number of hydrogen-bond donors (Lipinski definition) is 1. The van der Waals surface area contributed by atoms with Crippen molar-refractivity contribution in [1.82, 2.24) is 15.3 Å². The summed E-state index contributed by atoms with van der Waals surface area (Å²) >= 11 is 0. The van der Waals surface area contributed by atoms with Crippen LogP contribution >= 0.6 is 0 Å². The van der Waals surface area contributed by atoms with E-state index in [1.165, 1.54) is 18.4 Å². The quantitative estimate of drug-likeness (QED) is 0.940. The average Bonchev–Trinajstić information content (AvgIpc) is 3.08. The van der Waals surface area contributed by atoms with E-state index in [0.29, 0.717) is 12.2 Å². The topological polar surface area (TPSA) is 58.1 Å². The molecule has 2 heterocycles. The summed E-state index contributed by atoms with van der Waals surface area (Å²) in [4.78, 5) is 22.9. The van der Waals surface area contributed by atoms with Crippen LogP contribution in [0.4, 0.5) is 5.82 Å². The maximum Gasteiger partial charge on any atom is 0.271 e. The zero-order valence-corrected chi connectivity index (χ0v) is 12.7. The molecule has 22 heavy (non-hydrogen) atoms. The van der Waals surface area contributed by atoms with Crippen LogP contribution < -0.4 is 10.2 Å². The standard InChI is InChI=1S/C17H20N4O/c1-13-6-2-3-7-14(13)10-20-17(22)15-11-19-16(12-18-15)21-8-4-5-9-21/h2-3,6-7,11-12H,4-5,8-10H2,1H3,(H,20,22). The third-order valence-corrected chi connectivity index (χ3v) is 4.00. The van der Waals surface area contributed by atoms with Crippen molar-refractivity contribution < 1.29 is 4.79 Å². The highest BCUT2D eigenvalue weighted by atomic mass is 16.1. The van der Waals surface area contributed by atoms with E-state index in [9.17, 15) is 4.79 Å². The Hall–Kier alpha value is -2.43. The molecule has 1 fully saturated rings. The Morgan fingerprint density at radius 3 is 2.64 bits per heavy atom. The average molecular weight is 296 g/mol. The molecule has 0 saturated carbocycles. The third-order valence-electron chi connectivity index (χ3n) is 4.00. The Morgan fingerprint density at radius 1 is 1.18 bits per heavy atom. The van der Waals surface area contributed by atoms with Crippen LogP contribution in [0, 0.1) is 6.92 Å². The van der Waals surface area contributed by atoms with E-state index in [-0.39, 0.29) is 5.91 Å². The van der Waals surface area contributed by atoms with Crippen molar-refractivity contribution in [3.8, 4) is 0 Å². The molecule has 0 atom stereocenters. The first-order valence-electron chi connectivity index (χ1n) is 7.64. The van der Waals surface area contributed by atoms with Crippen molar-refractivity contribution >= 4 is 11.7 Å². The van der Waals surface area contributed by atoms with Crippen molar-refractivity contribution in [2.75, 3.05) is 18.0 Å².